The number of hydrogen-bond acceptors (Lipinski definition) is 4. The highest BCUT2D eigenvalue weighted by Gasteiger charge is 2.25. The zero-order chi connectivity index (χ0) is 55.2. The van der Waals surface area contributed by atoms with Gasteiger partial charge < -0.3 is 4.57 Å². The third-order valence-electron chi connectivity index (χ3n) is 16.5. The predicted molar refractivity (Wildman–Crippen MR) is 347 cm³/mol. The van der Waals surface area contributed by atoms with Gasteiger partial charge in [0.2, 0.25) is 0 Å². The summed E-state index contributed by atoms with van der Waals surface area (Å²) in [7, 11) is 0. The lowest BCUT2D eigenvalue weighted by Crippen LogP contribution is -2.05. The van der Waals surface area contributed by atoms with Crippen LogP contribution in [0.15, 0.2) is 297 Å². The standard InChI is InChI=1S/C78H50N4S/c79-50-70(74(54-21-7-2-8-22-54)55-23-9-3-10-24-55)53-35-39-58(40-36-53)73(57-37-33-52(34-38-57)51-19-5-1-6-20-51)69-48-47-62(77-78(69)81-83-80-77)60-43-46-64-63-27-17-18-32-71(63)82(72(64)49-60)61-44-41-59(42-45-61)76-67-30-15-13-28-65(67)75(56-25-11-4-12-26-56)66-29-14-16-31-68(66)76/h1-49,73H. The van der Waals surface area contributed by atoms with Crippen molar-refractivity contribution in [3.8, 4) is 56.3 Å². The van der Waals surface area contributed by atoms with E-state index in [1.54, 1.807) is 0 Å². The van der Waals surface area contributed by atoms with Gasteiger partial charge in [0.25, 0.3) is 0 Å². The summed E-state index contributed by atoms with van der Waals surface area (Å²) in [6, 6.07) is 109. The molecule has 1 atom stereocenters. The molecule has 15 aromatic rings. The van der Waals surface area contributed by atoms with Gasteiger partial charge in [0.1, 0.15) is 17.1 Å². The molecule has 0 amide bonds. The predicted octanol–water partition coefficient (Wildman–Crippen LogP) is 20.4. The van der Waals surface area contributed by atoms with E-state index >= 15 is 0 Å². The Morgan fingerprint density at radius 1 is 0.361 bits per heavy atom. The largest absolute Gasteiger partial charge is 0.309 e. The molecule has 388 valence electrons. The molecule has 0 spiro atoms. The van der Waals surface area contributed by atoms with E-state index in [0.29, 0.717) is 5.57 Å². The minimum absolute atomic E-state index is 0.197. The van der Waals surface area contributed by atoms with Gasteiger partial charge in [-0.3, -0.25) is 0 Å². The first-order valence-corrected chi connectivity index (χ1v) is 28.8. The number of fused-ring (bicyclic) bond motifs is 6. The van der Waals surface area contributed by atoms with Crippen LogP contribution in [0.25, 0.3) is 116 Å². The van der Waals surface area contributed by atoms with Gasteiger partial charge in [-0.25, -0.2) is 0 Å². The van der Waals surface area contributed by atoms with Crippen molar-refractivity contribution in [3.05, 3.63) is 331 Å². The number of hydrogen-bond donors (Lipinski definition) is 0. The molecule has 0 saturated carbocycles. The van der Waals surface area contributed by atoms with Crippen LogP contribution in [-0.2, 0) is 0 Å². The average Bonchev–Trinajstić information content (AvgIpc) is 4.34. The van der Waals surface area contributed by atoms with Gasteiger partial charge >= 0.3 is 0 Å². The normalized spacial score (nSPS) is 11.8. The van der Waals surface area contributed by atoms with Crippen LogP contribution < -0.4 is 0 Å². The molecular formula is C78H50N4S. The molecule has 0 radical (unpaired) electrons. The Kier molecular flexibility index (Phi) is 12.5. The summed E-state index contributed by atoms with van der Waals surface area (Å²) in [5.74, 6) is -0.197. The summed E-state index contributed by atoms with van der Waals surface area (Å²) in [6.07, 6.45) is 0. The number of nitrogens with zero attached hydrogens (tertiary/aromatic N) is 4. The molecule has 13 aromatic carbocycles. The molecule has 2 heterocycles. The van der Waals surface area contributed by atoms with Crippen LogP contribution in [0.2, 0.25) is 0 Å². The Morgan fingerprint density at radius 3 is 1.39 bits per heavy atom. The monoisotopic (exact) mass is 1070 g/mol. The van der Waals surface area contributed by atoms with Crippen molar-refractivity contribution in [2.45, 2.75) is 5.92 Å². The van der Waals surface area contributed by atoms with E-state index in [-0.39, 0.29) is 5.92 Å². The highest BCUT2D eigenvalue weighted by atomic mass is 32.1. The van der Waals surface area contributed by atoms with Crippen molar-refractivity contribution in [1.82, 2.24) is 13.3 Å². The molecule has 0 N–H and O–H groups in total. The molecule has 0 saturated heterocycles. The second-order valence-electron chi connectivity index (χ2n) is 21.1. The summed E-state index contributed by atoms with van der Waals surface area (Å²) in [5, 5.41) is 18.3. The molecule has 0 fully saturated rings. The number of aromatic nitrogens is 3. The van der Waals surface area contributed by atoms with Gasteiger partial charge in [0, 0.05) is 33.5 Å². The minimum atomic E-state index is -0.197. The van der Waals surface area contributed by atoms with Crippen molar-refractivity contribution in [3.63, 3.8) is 0 Å². The van der Waals surface area contributed by atoms with Gasteiger partial charge in [-0.05, 0) is 118 Å². The van der Waals surface area contributed by atoms with Crippen molar-refractivity contribution in [1.29, 1.82) is 5.26 Å². The Balaban J connectivity index is 0.842. The lowest BCUT2D eigenvalue weighted by molar-refractivity contribution is 0.986. The third-order valence-corrected chi connectivity index (χ3v) is 17.0. The molecule has 1 unspecified atom stereocenters. The fourth-order valence-electron chi connectivity index (χ4n) is 12.7. The molecule has 2 aromatic heterocycles. The maximum absolute atomic E-state index is 10.9. The Bertz CT molecular complexity index is 4880. The second kappa shape index (κ2) is 21.0. The SMILES string of the molecule is N#CC(=C(c1ccccc1)c1ccccc1)c1ccc(C(c2ccc(-c3ccccc3)cc2)c2ccc(-c3ccc4c5ccccc5n(-c5ccc(-c6c7ccccc7c(-c7ccccc7)c7ccccc67)cc5)c4c3)c3nsnc23)cc1. The van der Waals surface area contributed by atoms with Crippen molar-refractivity contribution in [2.24, 2.45) is 0 Å². The molecule has 0 aliphatic heterocycles. The smallest absolute Gasteiger partial charge is 0.112 e. The van der Waals surface area contributed by atoms with Crippen molar-refractivity contribution < 1.29 is 0 Å². The number of allylic oxidation sites excluding steroid dienone is 1. The minimum Gasteiger partial charge on any atom is -0.309 e. The van der Waals surface area contributed by atoms with Gasteiger partial charge in [0.15, 0.2) is 0 Å². The molecule has 0 bridgehead atoms. The van der Waals surface area contributed by atoms with Crippen LogP contribution in [0.3, 0.4) is 0 Å². The van der Waals surface area contributed by atoms with E-state index in [2.05, 4.69) is 271 Å². The molecule has 0 aliphatic carbocycles. The van der Waals surface area contributed by atoms with Crippen LogP contribution in [0.4, 0.5) is 0 Å². The van der Waals surface area contributed by atoms with E-state index < -0.39 is 0 Å². The van der Waals surface area contributed by atoms with E-state index in [1.807, 2.05) is 36.4 Å². The number of benzene rings is 13. The van der Waals surface area contributed by atoms with Crippen LogP contribution in [0.1, 0.15) is 39.3 Å². The highest BCUT2D eigenvalue weighted by Crippen LogP contribution is 2.46. The number of para-hydroxylation sites is 1. The fourth-order valence-corrected chi connectivity index (χ4v) is 13.3. The zero-order valence-electron chi connectivity index (χ0n) is 45.1. The first-order chi connectivity index (χ1) is 41.2. The van der Waals surface area contributed by atoms with Crippen molar-refractivity contribution in [2.75, 3.05) is 0 Å². The molecule has 5 heteroatoms. The summed E-state index contributed by atoms with van der Waals surface area (Å²) in [5.41, 5.74) is 22.0. The fraction of sp³-hybridized carbons (Fsp3) is 0.0128. The zero-order valence-corrected chi connectivity index (χ0v) is 45.9. The lowest BCUT2D eigenvalue weighted by Gasteiger charge is -2.21. The summed E-state index contributed by atoms with van der Waals surface area (Å²) >= 11 is 1.25. The van der Waals surface area contributed by atoms with E-state index in [1.165, 1.54) is 71.9 Å². The molecule has 4 nitrogen and oxygen atoms in total. The third kappa shape index (κ3) is 8.69. The first-order valence-electron chi connectivity index (χ1n) is 28.1. The summed E-state index contributed by atoms with van der Waals surface area (Å²) < 4.78 is 12.6. The molecule has 0 aliphatic rings. The Morgan fingerprint density at radius 2 is 0.807 bits per heavy atom. The molecule has 15 rings (SSSR count). The van der Waals surface area contributed by atoms with Crippen LogP contribution >= 0.6 is 11.7 Å². The average molecular weight is 1080 g/mol. The maximum Gasteiger partial charge on any atom is 0.112 e. The second-order valence-corrected chi connectivity index (χ2v) is 21.7. The lowest BCUT2D eigenvalue weighted by atomic mass is 9.82. The Hall–Kier alpha value is -10.8. The van der Waals surface area contributed by atoms with Crippen LogP contribution in [-0.4, -0.2) is 13.3 Å². The van der Waals surface area contributed by atoms with Crippen molar-refractivity contribution >= 4 is 77.3 Å². The van der Waals surface area contributed by atoms with Gasteiger partial charge in [-0.1, -0.05) is 273 Å². The van der Waals surface area contributed by atoms with Gasteiger partial charge in [-0.2, -0.15) is 14.0 Å². The number of nitriles is 1. The van der Waals surface area contributed by atoms with Gasteiger partial charge in [-0.15, -0.1) is 0 Å². The topological polar surface area (TPSA) is 54.5 Å². The van der Waals surface area contributed by atoms with Gasteiger partial charge in [0.05, 0.1) is 28.3 Å². The van der Waals surface area contributed by atoms with Crippen LogP contribution in [0, 0.1) is 11.3 Å². The summed E-state index contributed by atoms with van der Waals surface area (Å²) in [6.45, 7) is 0. The molecular weight excluding hydrogens is 1020 g/mol. The summed E-state index contributed by atoms with van der Waals surface area (Å²) in [4.78, 5) is 0. The van der Waals surface area contributed by atoms with Crippen LogP contribution in [0.5, 0.6) is 0 Å². The Labute approximate surface area is 485 Å². The highest BCUT2D eigenvalue weighted by molar-refractivity contribution is 7.00. The van der Waals surface area contributed by atoms with E-state index in [0.717, 1.165) is 83.4 Å². The first kappa shape index (κ1) is 49.3. The number of rotatable bonds is 11. The molecule has 83 heavy (non-hydrogen) atoms. The quantitative estimate of drug-likeness (QED) is 0.0561. The maximum atomic E-state index is 10.9. The van der Waals surface area contributed by atoms with E-state index in [4.69, 9.17) is 8.75 Å². The van der Waals surface area contributed by atoms with E-state index in [9.17, 15) is 5.26 Å².